The highest BCUT2D eigenvalue weighted by molar-refractivity contribution is 7.93. The third kappa shape index (κ3) is 4.92. The molecule has 30 heavy (non-hydrogen) atoms. The molecule has 0 saturated heterocycles. The van der Waals surface area contributed by atoms with Gasteiger partial charge in [0, 0.05) is 12.6 Å². The van der Waals surface area contributed by atoms with Gasteiger partial charge in [-0.3, -0.25) is 9.29 Å². The second kappa shape index (κ2) is 8.00. The molecular formula is C14H13F6N5O4S. The Bertz CT molecular complexity index is 1060. The first kappa shape index (κ1) is 23.2. The molecule has 1 aromatic heterocycles. The molecule has 1 N–H and O–H groups in total. The second-order valence-corrected chi connectivity index (χ2v) is 7.26. The number of hydrogen-bond donors (Lipinski definition) is 1. The van der Waals surface area contributed by atoms with Crippen LogP contribution in [0.2, 0.25) is 0 Å². The number of benzene rings is 1. The number of aromatic nitrogens is 3. The summed E-state index contributed by atoms with van der Waals surface area (Å²) < 4.78 is 106. The van der Waals surface area contributed by atoms with Gasteiger partial charge in [-0.1, -0.05) is 10.3 Å². The van der Waals surface area contributed by atoms with Gasteiger partial charge in [-0.2, -0.15) is 34.8 Å². The van der Waals surface area contributed by atoms with Crippen LogP contribution in [0.5, 0.6) is 11.8 Å². The summed E-state index contributed by atoms with van der Waals surface area (Å²) >= 11 is 0. The van der Waals surface area contributed by atoms with E-state index >= 15 is 0 Å². The molecule has 16 heteroatoms. The highest BCUT2D eigenvalue weighted by Crippen LogP contribution is 2.33. The van der Waals surface area contributed by atoms with E-state index in [4.69, 9.17) is 4.74 Å². The van der Waals surface area contributed by atoms with Crippen LogP contribution in [0.4, 0.5) is 32.0 Å². The summed E-state index contributed by atoms with van der Waals surface area (Å²) in [4.78, 5) is 4.52. The van der Waals surface area contributed by atoms with Gasteiger partial charge in [0.05, 0.1) is 11.4 Å². The summed E-state index contributed by atoms with van der Waals surface area (Å²) in [6.45, 7) is 1.29. The predicted molar refractivity (Wildman–Crippen MR) is 90.3 cm³/mol. The molecule has 2 aromatic rings. The van der Waals surface area contributed by atoms with Gasteiger partial charge in [0.2, 0.25) is 5.82 Å². The van der Waals surface area contributed by atoms with Crippen molar-refractivity contribution in [3.63, 3.8) is 0 Å². The van der Waals surface area contributed by atoms with Crippen LogP contribution in [0.3, 0.4) is 0 Å². The SMILES string of the molecule is CON=C(C)c1cc(Oc2nnc(C(F)(F)F)n2C)ccc1NS(=O)(=O)C(F)(F)F. The maximum Gasteiger partial charge on any atom is 0.516 e. The van der Waals surface area contributed by atoms with E-state index < -0.39 is 39.2 Å². The highest BCUT2D eigenvalue weighted by Gasteiger charge is 2.46. The fourth-order valence-electron chi connectivity index (χ4n) is 2.12. The molecule has 0 saturated carbocycles. The Hall–Kier alpha value is -3.04. The van der Waals surface area contributed by atoms with Crippen molar-refractivity contribution in [1.82, 2.24) is 14.8 Å². The van der Waals surface area contributed by atoms with E-state index in [1.165, 1.54) is 11.6 Å². The van der Waals surface area contributed by atoms with Crippen LogP contribution in [0.1, 0.15) is 18.3 Å². The number of oxime groups is 1. The van der Waals surface area contributed by atoms with E-state index in [0.29, 0.717) is 4.57 Å². The molecule has 9 nitrogen and oxygen atoms in total. The van der Waals surface area contributed by atoms with Crippen LogP contribution in [0.25, 0.3) is 0 Å². The lowest BCUT2D eigenvalue weighted by Gasteiger charge is -2.15. The zero-order chi connectivity index (χ0) is 22.9. The number of nitrogens with zero attached hydrogens (tertiary/aromatic N) is 4. The van der Waals surface area contributed by atoms with E-state index in [-0.39, 0.29) is 17.0 Å². The molecule has 2 rings (SSSR count). The molecule has 0 unspecified atom stereocenters. The molecule has 1 heterocycles. The number of halogens is 6. The van der Waals surface area contributed by atoms with Crippen molar-refractivity contribution in [2.75, 3.05) is 11.8 Å². The van der Waals surface area contributed by atoms with Gasteiger partial charge in [0.25, 0.3) is 0 Å². The third-order valence-corrected chi connectivity index (χ3v) is 4.55. The normalized spacial score (nSPS) is 13.3. The molecule has 0 spiro atoms. The Kier molecular flexibility index (Phi) is 6.20. The molecule has 0 aliphatic heterocycles. The van der Waals surface area contributed by atoms with E-state index in [0.717, 1.165) is 32.4 Å². The van der Waals surface area contributed by atoms with Crippen LogP contribution >= 0.6 is 0 Å². The first-order chi connectivity index (χ1) is 13.7. The molecule has 0 fully saturated rings. The molecule has 0 aliphatic carbocycles. The average Bonchev–Trinajstić information content (AvgIpc) is 2.96. The van der Waals surface area contributed by atoms with Gasteiger partial charge >= 0.3 is 27.7 Å². The minimum atomic E-state index is -5.75. The molecule has 1 aromatic carbocycles. The third-order valence-electron chi connectivity index (χ3n) is 3.46. The zero-order valence-electron chi connectivity index (χ0n) is 15.3. The van der Waals surface area contributed by atoms with Crippen molar-refractivity contribution < 1.29 is 44.3 Å². The van der Waals surface area contributed by atoms with Gasteiger partial charge in [-0.05, 0) is 25.1 Å². The molecule has 0 bridgehead atoms. The van der Waals surface area contributed by atoms with Crippen LogP contribution in [-0.2, 0) is 28.1 Å². The van der Waals surface area contributed by atoms with E-state index in [1.54, 1.807) is 0 Å². The van der Waals surface area contributed by atoms with Gasteiger partial charge in [0.15, 0.2) is 0 Å². The van der Waals surface area contributed by atoms with Crippen LogP contribution < -0.4 is 9.46 Å². The lowest BCUT2D eigenvalue weighted by Crippen LogP contribution is -2.30. The monoisotopic (exact) mass is 461 g/mol. The van der Waals surface area contributed by atoms with Gasteiger partial charge in [0.1, 0.15) is 12.9 Å². The molecular weight excluding hydrogens is 448 g/mol. The summed E-state index contributed by atoms with van der Waals surface area (Å²) in [7, 11) is -3.62. The maximum atomic E-state index is 12.8. The summed E-state index contributed by atoms with van der Waals surface area (Å²) in [6.07, 6.45) is -4.80. The molecule has 0 radical (unpaired) electrons. The van der Waals surface area contributed by atoms with Crippen molar-refractivity contribution in [2.24, 2.45) is 12.2 Å². The van der Waals surface area contributed by atoms with E-state index in [1.807, 2.05) is 0 Å². The number of hydrogen-bond acceptors (Lipinski definition) is 7. The molecule has 0 amide bonds. The largest absolute Gasteiger partial charge is 0.516 e. The quantitative estimate of drug-likeness (QED) is 0.402. The van der Waals surface area contributed by atoms with Crippen molar-refractivity contribution in [3.8, 4) is 11.8 Å². The average molecular weight is 461 g/mol. The zero-order valence-corrected chi connectivity index (χ0v) is 16.1. The first-order valence-electron chi connectivity index (χ1n) is 7.63. The Morgan fingerprint density at radius 2 is 1.80 bits per heavy atom. The Morgan fingerprint density at radius 1 is 1.17 bits per heavy atom. The number of nitrogens with one attached hydrogen (secondary N) is 1. The second-order valence-electron chi connectivity index (χ2n) is 5.58. The number of alkyl halides is 6. The van der Waals surface area contributed by atoms with E-state index in [2.05, 4.69) is 20.2 Å². The Balaban J connectivity index is 2.47. The Labute approximate surface area is 165 Å². The standard InChI is InChI=1S/C14H13F6N5O4S/c1-7(23-28-3)9-6-8(4-5-10(9)24-30(26,27)14(18,19)20)29-12-22-21-11(25(12)2)13(15,16)17/h4-6,24H,1-3H3. The number of rotatable bonds is 6. The predicted octanol–water partition coefficient (Wildman–Crippen LogP) is 3.26. The topological polar surface area (TPSA) is 108 Å². The number of ether oxygens (including phenoxy) is 1. The van der Waals surface area contributed by atoms with Crippen molar-refractivity contribution >= 4 is 21.4 Å². The van der Waals surface area contributed by atoms with Crippen molar-refractivity contribution in [1.29, 1.82) is 0 Å². The molecule has 166 valence electrons. The first-order valence-corrected chi connectivity index (χ1v) is 9.11. The summed E-state index contributed by atoms with van der Waals surface area (Å²) in [6, 6.07) is 2.38. The smallest absolute Gasteiger partial charge is 0.424 e. The minimum Gasteiger partial charge on any atom is -0.424 e. The fourth-order valence-corrected chi connectivity index (χ4v) is 2.70. The van der Waals surface area contributed by atoms with Crippen molar-refractivity contribution in [3.05, 3.63) is 29.6 Å². The molecule has 0 aliphatic rings. The van der Waals surface area contributed by atoms with Crippen LogP contribution in [0, 0.1) is 0 Å². The van der Waals surface area contributed by atoms with Crippen molar-refractivity contribution in [2.45, 2.75) is 18.6 Å². The fraction of sp³-hybridized carbons (Fsp3) is 0.357. The van der Waals surface area contributed by atoms with Crippen LogP contribution in [-0.4, -0.2) is 41.5 Å². The van der Waals surface area contributed by atoms with E-state index in [9.17, 15) is 34.8 Å². The van der Waals surface area contributed by atoms with Crippen LogP contribution in [0.15, 0.2) is 23.4 Å². The highest BCUT2D eigenvalue weighted by atomic mass is 32.2. The summed E-state index contributed by atoms with van der Waals surface area (Å²) in [5.41, 5.74) is -6.36. The lowest BCUT2D eigenvalue weighted by atomic mass is 10.1. The van der Waals surface area contributed by atoms with Gasteiger partial charge in [-0.15, -0.1) is 5.10 Å². The summed E-state index contributed by atoms with van der Waals surface area (Å²) in [5.74, 6) is -1.53. The summed E-state index contributed by atoms with van der Waals surface area (Å²) in [5, 5.41) is 9.74. The number of anilines is 1. The molecule has 0 atom stereocenters. The number of sulfonamides is 1. The Morgan fingerprint density at radius 3 is 2.30 bits per heavy atom. The van der Waals surface area contributed by atoms with Gasteiger partial charge < -0.3 is 9.57 Å². The maximum absolute atomic E-state index is 12.8. The minimum absolute atomic E-state index is 0.0585. The van der Waals surface area contributed by atoms with Gasteiger partial charge in [-0.25, -0.2) is 0 Å². The lowest BCUT2D eigenvalue weighted by molar-refractivity contribution is -0.147.